The number of rotatable bonds is 4. The van der Waals surface area contributed by atoms with Crippen LogP contribution < -0.4 is 21.5 Å². The van der Waals surface area contributed by atoms with Crippen molar-refractivity contribution in [3.05, 3.63) is 42.0 Å². The number of hydrogen-bond acceptors (Lipinski definition) is 5. The highest BCUT2D eigenvalue weighted by Crippen LogP contribution is 2.31. The second kappa shape index (κ2) is 8.21. The SMILES string of the molecule is COc1ccc(C(=O)O)cc1Nc1ccc(N)cc1N.Cl.Cl. The lowest BCUT2D eigenvalue weighted by Crippen LogP contribution is -2.02. The van der Waals surface area contributed by atoms with Gasteiger partial charge in [-0.2, -0.15) is 0 Å². The lowest BCUT2D eigenvalue weighted by Gasteiger charge is -2.14. The molecule has 0 saturated heterocycles. The Morgan fingerprint density at radius 1 is 1.09 bits per heavy atom. The van der Waals surface area contributed by atoms with Crippen molar-refractivity contribution in [1.82, 2.24) is 0 Å². The third-order valence-corrected chi connectivity index (χ3v) is 2.79. The Kier molecular flexibility index (Phi) is 7.35. The molecule has 8 heteroatoms. The van der Waals surface area contributed by atoms with Gasteiger partial charge in [-0.15, -0.1) is 24.8 Å². The first-order chi connectivity index (χ1) is 9.51. The standard InChI is InChI=1S/C14H15N3O3.2ClH/c1-20-13-5-2-8(14(18)19)6-12(13)17-11-4-3-9(15)7-10(11)16;;/h2-7,17H,15-16H2,1H3,(H,18,19);2*1H. The number of nitrogen functional groups attached to an aromatic ring is 2. The number of ether oxygens (including phenoxy) is 1. The molecule has 0 aliphatic carbocycles. The van der Waals surface area contributed by atoms with E-state index >= 15 is 0 Å². The van der Waals surface area contributed by atoms with Gasteiger partial charge in [-0.1, -0.05) is 0 Å². The molecule has 0 amide bonds. The number of halogens is 2. The minimum absolute atomic E-state index is 0. The minimum atomic E-state index is -1.01. The van der Waals surface area contributed by atoms with Crippen LogP contribution >= 0.6 is 24.8 Å². The summed E-state index contributed by atoms with van der Waals surface area (Å²) in [5.41, 5.74) is 13.8. The maximum Gasteiger partial charge on any atom is 0.335 e. The molecule has 0 unspecified atom stereocenters. The van der Waals surface area contributed by atoms with Gasteiger partial charge in [0.15, 0.2) is 0 Å². The summed E-state index contributed by atoms with van der Waals surface area (Å²) in [4.78, 5) is 11.0. The Labute approximate surface area is 140 Å². The minimum Gasteiger partial charge on any atom is -0.495 e. The van der Waals surface area contributed by atoms with Crippen LogP contribution in [0.1, 0.15) is 10.4 Å². The van der Waals surface area contributed by atoms with E-state index in [-0.39, 0.29) is 30.4 Å². The number of carboxylic acids is 1. The zero-order valence-corrected chi connectivity index (χ0v) is 13.3. The van der Waals surface area contributed by atoms with Crippen LogP contribution in [0.15, 0.2) is 36.4 Å². The van der Waals surface area contributed by atoms with Gasteiger partial charge in [-0.25, -0.2) is 4.79 Å². The van der Waals surface area contributed by atoms with Crippen molar-refractivity contribution in [3.63, 3.8) is 0 Å². The lowest BCUT2D eigenvalue weighted by molar-refractivity contribution is 0.0697. The van der Waals surface area contributed by atoms with Crippen LogP contribution in [0.4, 0.5) is 22.7 Å². The smallest absolute Gasteiger partial charge is 0.335 e. The van der Waals surface area contributed by atoms with E-state index in [0.29, 0.717) is 28.5 Å². The summed E-state index contributed by atoms with van der Waals surface area (Å²) in [6.07, 6.45) is 0. The van der Waals surface area contributed by atoms with Crippen molar-refractivity contribution in [2.75, 3.05) is 23.9 Å². The van der Waals surface area contributed by atoms with Crippen molar-refractivity contribution < 1.29 is 14.6 Å². The van der Waals surface area contributed by atoms with Crippen LogP contribution in [0, 0.1) is 0 Å². The zero-order chi connectivity index (χ0) is 14.7. The molecule has 0 aromatic heterocycles. The van der Waals surface area contributed by atoms with E-state index in [1.54, 1.807) is 24.3 Å². The molecule has 6 nitrogen and oxygen atoms in total. The molecule has 0 heterocycles. The van der Waals surface area contributed by atoms with Gasteiger partial charge in [-0.3, -0.25) is 0 Å². The number of nitrogens with one attached hydrogen (secondary N) is 1. The fraction of sp³-hybridized carbons (Fsp3) is 0.0714. The number of nitrogens with two attached hydrogens (primary N) is 2. The van der Waals surface area contributed by atoms with E-state index in [1.165, 1.54) is 19.2 Å². The van der Waals surface area contributed by atoms with Gasteiger partial charge >= 0.3 is 5.97 Å². The number of anilines is 4. The molecule has 0 bridgehead atoms. The summed E-state index contributed by atoms with van der Waals surface area (Å²) in [6, 6.07) is 9.58. The second-order valence-corrected chi connectivity index (χ2v) is 4.19. The monoisotopic (exact) mass is 345 g/mol. The summed E-state index contributed by atoms with van der Waals surface area (Å²) < 4.78 is 5.19. The van der Waals surface area contributed by atoms with E-state index in [1.807, 2.05) is 0 Å². The van der Waals surface area contributed by atoms with Gasteiger partial charge in [0.2, 0.25) is 0 Å². The summed E-state index contributed by atoms with van der Waals surface area (Å²) >= 11 is 0. The predicted octanol–water partition coefficient (Wildman–Crippen LogP) is 3.15. The van der Waals surface area contributed by atoms with Crippen LogP contribution in [0.2, 0.25) is 0 Å². The molecule has 0 spiro atoms. The molecule has 2 aromatic rings. The summed E-state index contributed by atoms with van der Waals surface area (Å²) in [5.74, 6) is -0.493. The van der Waals surface area contributed by atoms with Crippen LogP contribution in [-0.2, 0) is 0 Å². The summed E-state index contributed by atoms with van der Waals surface area (Å²) in [7, 11) is 1.51. The number of hydrogen-bond donors (Lipinski definition) is 4. The average Bonchev–Trinajstić information content (AvgIpc) is 2.41. The molecule has 2 rings (SSSR count). The number of carboxylic acid groups (broad SMARTS) is 1. The van der Waals surface area contributed by atoms with E-state index in [0.717, 1.165) is 0 Å². The van der Waals surface area contributed by atoms with Crippen molar-refractivity contribution in [3.8, 4) is 5.75 Å². The molecular formula is C14H17Cl2N3O3. The predicted molar refractivity (Wildman–Crippen MR) is 93.0 cm³/mol. The van der Waals surface area contributed by atoms with Gasteiger partial charge in [0.25, 0.3) is 0 Å². The van der Waals surface area contributed by atoms with Crippen molar-refractivity contribution in [1.29, 1.82) is 0 Å². The Balaban J connectivity index is 0.00000220. The maximum absolute atomic E-state index is 11.0. The van der Waals surface area contributed by atoms with Crippen LogP contribution in [-0.4, -0.2) is 18.2 Å². The molecule has 0 saturated carbocycles. The topological polar surface area (TPSA) is 111 Å². The molecule has 0 aliphatic rings. The van der Waals surface area contributed by atoms with Crippen LogP contribution in [0.5, 0.6) is 5.75 Å². The molecule has 22 heavy (non-hydrogen) atoms. The Morgan fingerprint density at radius 2 is 1.77 bits per heavy atom. The molecule has 120 valence electrons. The first-order valence-corrected chi connectivity index (χ1v) is 5.84. The largest absolute Gasteiger partial charge is 0.495 e. The number of benzene rings is 2. The molecule has 0 radical (unpaired) electrons. The fourth-order valence-corrected chi connectivity index (χ4v) is 1.78. The number of aromatic carboxylic acids is 1. The van der Waals surface area contributed by atoms with Crippen LogP contribution in [0.3, 0.4) is 0 Å². The average molecular weight is 346 g/mol. The van der Waals surface area contributed by atoms with Gasteiger partial charge in [-0.05, 0) is 36.4 Å². The molecule has 6 N–H and O–H groups in total. The maximum atomic E-state index is 11.0. The Morgan fingerprint density at radius 3 is 2.32 bits per heavy atom. The summed E-state index contributed by atoms with van der Waals surface area (Å²) in [5, 5.41) is 12.1. The zero-order valence-electron chi connectivity index (χ0n) is 11.7. The first-order valence-electron chi connectivity index (χ1n) is 5.84. The molecule has 2 aromatic carbocycles. The first kappa shape index (κ1) is 19.7. The molecule has 0 aliphatic heterocycles. The van der Waals surface area contributed by atoms with Crippen molar-refractivity contribution in [2.24, 2.45) is 0 Å². The van der Waals surface area contributed by atoms with Crippen LogP contribution in [0.25, 0.3) is 0 Å². The third-order valence-electron chi connectivity index (χ3n) is 2.79. The Bertz CT molecular complexity index is 666. The van der Waals surface area contributed by atoms with Crippen molar-refractivity contribution >= 4 is 53.5 Å². The quantitative estimate of drug-likeness (QED) is 0.633. The number of carbonyl (C=O) groups is 1. The highest BCUT2D eigenvalue weighted by molar-refractivity contribution is 5.90. The molecular weight excluding hydrogens is 329 g/mol. The second-order valence-electron chi connectivity index (χ2n) is 4.19. The lowest BCUT2D eigenvalue weighted by atomic mass is 10.1. The third kappa shape index (κ3) is 4.34. The van der Waals surface area contributed by atoms with Gasteiger partial charge in [0.1, 0.15) is 5.75 Å². The molecule has 0 atom stereocenters. The van der Waals surface area contributed by atoms with E-state index in [9.17, 15) is 4.79 Å². The van der Waals surface area contributed by atoms with Gasteiger partial charge < -0.3 is 26.6 Å². The highest BCUT2D eigenvalue weighted by Gasteiger charge is 2.10. The fourth-order valence-electron chi connectivity index (χ4n) is 1.78. The van der Waals surface area contributed by atoms with Gasteiger partial charge in [0, 0.05) is 5.69 Å². The van der Waals surface area contributed by atoms with E-state index < -0.39 is 5.97 Å². The number of methoxy groups -OCH3 is 1. The van der Waals surface area contributed by atoms with Crippen molar-refractivity contribution in [2.45, 2.75) is 0 Å². The van der Waals surface area contributed by atoms with E-state index in [2.05, 4.69) is 5.32 Å². The summed E-state index contributed by atoms with van der Waals surface area (Å²) in [6.45, 7) is 0. The molecule has 0 fully saturated rings. The van der Waals surface area contributed by atoms with Gasteiger partial charge in [0.05, 0.1) is 29.7 Å². The highest BCUT2D eigenvalue weighted by atomic mass is 35.5. The Hall–Kier alpha value is -2.31. The van der Waals surface area contributed by atoms with E-state index in [4.69, 9.17) is 21.3 Å². The normalized spacial score (nSPS) is 9.14.